The molecule has 0 radical (unpaired) electrons. The van der Waals surface area contributed by atoms with Crippen LogP contribution >= 0.6 is 11.6 Å². The Labute approximate surface area is 144 Å². The van der Waals surface area contributed by atoms with E-state index >= 15 is 0 Å². The maximum absolute atomic E-state index is 6.14. The van der Waals surface area contributed by atoms with E-state index in [2.05, 4.69) is 20.6 Å². The Morgan fingerprint density at radius 2 is 2.00 bits per heavy atom. The smallest absolute Gasteiger partial charge is 0.137 e. The van der Waals surface area contributed by atoms with Gasteiger partial charge in [-0.05, 0) is 37.3 Å². The molecule has 0 saturated carbocycles. The number of aromatic nitrogens is 2. The highest BCUT2D eigenvalue weighted by atomic mass is 35.5. The average Bonchev–Trinajstić information content (AvgIpc) is 3.06. The first-order valence-electron chi connectivity index (χ1n) is 7.36. The molecule has 0 spiro atoms. The Morgan fingerprint density at radius 1 is 1.17 bits per heavy atom. The lowest BCUT2D eigenvalue weighted by molar-refractivity contribution is 0.415. The topological polar surface area (TPSA) is 72.2 Å². The Kier molecular flexibility index (Phi) is 4.86. The maximum Gasteiger partial charge on any atom is 0.137 e. The molecule has 7 heteroatoms. The number of hydrogen-bond donors (Lipinski definition) is 2. The van der Waals surface area contributed by atoms with Crippen molar-refractivity contribution in [1.29, 1.82) is 0 Å². The highest BCUT2D eigenvalue weighted by molar-refractivity contribution is 6.32. The molecule has 3 rings (SSSR count). The predicted molar refractivity (Wildman–Crippen MR) is 94.1 cm³/mol. The zero-order chi connectivity index (χ0) is 16.9. The minimum absolute atomic E-state index is 0.532. The van der Waals surface area contributed by atoms with Crippen LogP contribution in [0, 0.1) is 6.92 Å². The van der Waals surface area contributed by atoms with Crippen LogP contribution in [0.15, 0.2) is 47.1 Å². The third kappa shape index (κ3) is 3.97. The van der Waals surface area contributed by atoms with E-state index in [9.17, 15) is 0 Å². The number of furan rings is 1. The summed E-state index contributed by atoms with van der Waals surface area (Å²) in [5.74, 6) is 3.50. The standard InChI is InChI=1S/C17H17ClN4O2/c1-11-20-16(19-10-13-4-3-7-24-13)9-17(21-11)22-12-5-6-15(23-2)14(18)8-12/h3-9H,10H2,1-2H3,(H2,19,20,21,22). The number of hydrogen-bond acceptors (Lipinski definition) is 6. The van der Waals surface area contributed by atoms with Gasteiger partial charge >= 0.3 is 0 Å². The van der Waals surface area contributed by atoms with E-state index in [1.54, 1.807) is 25.5 Å². The molecule has 0 saturated heterocycles. The zero-order valence-corrected chi connectivity index (χ0v) is 14.1. The van der Waals surface area contributed by atoms with Gasteiger partial charge in [-0.15, -0.1) is 0 Å². The largest absolute Gasteiger partial charge is 0.495 e. The van der Waals surface area contributed by atoms with Crippen molar-refractivity contribution in [3.63, 3.8) is 0 Å². The van der Waals surface area contributed by atoms with E-state index in [1.165, 1.54) is 0 Å². The van der Waals surface area contributed by atoms with E-state index in [-0.39, 0.29) is 0 Å². The number of halogens is 1. The molecular formula is C17H17ClN4O2. The molecule has 2 N–H and O–H groups in total. The molecule has 0 aliphatic rings. The van der Waals surface area contributed by atoms with Crippen LogP contribution in [0.25, 0.3) is 0 Å². The van der Waals surface area contributed by atoms with Crippen molar-refractivity contribution in [2.45, 2.75) is 13.5 Å². The van der Waals surface area contributed by atoms with Crippen molar-refractivity contribution >= 4 is 28.9 Å². The number of methoxy groups -OCH3 is 1. The Balaban J connectivity index is 1.74. The first-order chi connectivity index (χ1) is 11.6. The van der Waals surface area contributed by atoms with Gasteiger partial charge in [-0.1, -0.05) is 11.6 Å². The second-order valence-corrected chi connectivity index (χ2v) is 5.50. The van der Waals surface area contributed by atoms with Crippen molar-refractivity contribution in [3.8, 4) is 5.75 Å². The molecule has 0 amide bonds. The molecule has 0 fully saturated rings. The third-order valence-electron chi connectivity index (χ3n) is 3.29. The summed E-state index contributed by atoms with van der Waals surface area (Å²) in [4.78, 5) is 8.76. The van der Waals surface area contributed by atoms with Gasteiger partial charge in [0.15, 0.2) is 0 Å². The minimum atomic E-state index is 0.532. The normalized spacial score (nSPS) is 10.5. The van der Waals surface area contributed by atoms with Gasteiger partial charge in [0.2, 0.25) is 0 Å². The van der Waals surface area contributed by atoms with Gasteiger partial charge in [-0.25, -0.2) is 9.97 Å². The van der Waals surface area contributed by atoms with Crippen LogP contribution in [0.2, 0.25) is 5.02 Å². The molecule has 6 nitrogen and oxygen atoms in total. The molecule has 24 heavy (non-hydrogen) atoms. The number of ether oxygens (including phenoxy) is 1. The second kappa shape index (κ2) is 7.23. The lowest BCUT2D eigenvalue weighted by Crippen LogP contribution is -2.04. The quantitative estimate of drug-likeness (QED) is 0.690. The number of benzene rings is 1. The van der Waals surface area contributed by atoms with Crippen LogP contribution < -0.4 is 15.4 Å². The molecule has 2 heterocycles. The van der Waals surface area contributed by atoms with E-state index in [4.69, 9.17) is 20.8 Å². The van der Waals surface area contributed by atoms with Gasteiger partial charge in [0.1, 0.15) is 29.0 Å². The number of nitrogens with zero attached hydrogens (tertiary/aromatic N) is 2. The Bertz CT molecular complexity index is 821. The number of aryl methyl sites for hydroxylation is 1. The zero-order valence-electron chi connectivity index (χ0n) is 13.3. The van der Waals surface area contributed by atoms with E-state index in [0.29, 0.717) is 34.8 Å². The molecule has 1 aromatic carbocycles. The Morgan fingerprint density at radius 3 is 2.71 bits per heavy atom. The number of rotatable bonds is 6. The number of anilines is 3. The van der Waals surface area contributed by atoms with Crippen molar-refractivity contribution < 1.29 is 9.15 Å². The first kappa shape index (κ1) is 16.1. The average molecular weight is 345 g/mol. The maximum atomic E-state index is 6.14. The Hall–Kier alpha value is -2.73. The summed E-state index contributed by atoms with van der Waals surface area (Å²) >= 11 is 6.14. The van der Waals surface area contributed by atoms with Gasteiger partial charge in [0.25, 0.3) is 0 Å². The molecule has 124 valence electrons. The minimum Gasteiger partial charge on any atom is -0.495 e. The summed E-state index contributed by atoms with van der Waals surface area (Å²) in [6.07, 6.45) is 1.64. The number of nitrogens with one attached hydrogen (secondary N) is 2. The molecule has 0 atom stereocenters. The lowest BCUT2D eigenvalue weighted by Gasteiger charge is -2.11. The van der Waals surface area contributed by atoms with Crippen LogP contribution in [0.4, 0.5) is 17.3 Å². The molecule has 2 aromatic heterocycles. The molecule has 3 aromatic rings. The highest BCUT2D eigenvalue weighted by Crippen LogP contribution is 2.28. The lowest BCUT2D eigenvalue weighted by atomic mass is 10.3. The second-order valence-electron chi connectivity index (χ2n) is 5.09. The molecule has 0 aliphatic heterocycles. The van der Waals surface area contributed by atoms with Crippen LogP contribution in [0.3, 0.4) is 0 Å². The van der Waals surface area contributed by atoms with Crippen molar-refractivity contribution in [2.24, 2.45) is 0 Å². The summed E-state index contributed by atoms with van der Waals surface area (Å²) in [5, 5.41) is 6.96. The molecule has 0 unspecified atom stereocenters. The molecule has 0 bridgehead atoms. The molecular weight excluding hydrogens is 328 g/mol. The van der Waals surface area contributed by atoms with Gasteiger partial charge < -0.3 is 19.8 Å². The van der Waals surface area contributed by atoms with Crippen LogP contribution in [0.1, 0.15) is 11.6 Å². The van der Waals surface area contributed by atoms with Crippen LogP contribution in [-0.4, -0.2) is 17.1 Å². The van der Waals surface area contributed by atoms with Crippen LogP contribution in [-0.2, 0) is 6.54 Å². The first-order valence-corrected chi connectivity index (χ1v) is 7.74. The summed E-state index contributed by atoms with van der Waals surface area (Å²) in [7, 11) is 1.58. The van der Waals surface area contributed by atoms with Gasteiger partial charge in [0, 0.05) is 11.8 Å². The fraction of sp³-hybridized carbons (Fsp3) is 0.176. The van der Waals surface area contributed by atoms with Crippen molar-refractivity contribution in [1.82, 2.24) is 9.97 Å². The fourth-order valence-corrected chi connectivity index (χ4v) is 2.46. The summed E-state index contributed by atoms with van der Waals surface area (Å²) in [5.41, 5.74) is 0.816. The van der Waals surface area contributed by atoms with Crippen LogP contribution in [0.5, 0.6) is 5.75 Å². The third-order valence-corrected chi connectivity index (χ3v) is 3.58. The van der Waals surface area contributed by atoms with Crippen molar-refractivity contribution in [3.05, 3.63) is 59.3 Å². The van der Waals surface area contributed by atoms with Gasteiger partial charge in [-0.3, -0.25) is 0 Å². The van der Waals surface area contributed by atoms with Crippen molar-refractivity contribution in [2.75, 3.05) is 17.7 Å². The van der Waals surface area contributed by atoms with E-state index in [1.807, 2.05) is 31.2 Å². The SMILES string of the molecule is COc1ccc(Nc2cc(NCc3ccco3)nc(C)n2)cc1Cl. The molecule has 0 aliphatic carbocycles. The van der Waals surface area contributed by atoms with E-state index in [0.717, 1.165) is 11.4 Å². The summed E-state index contributed by atoms with van der Waals surface area (Å²) < 4.78 is 10.4. The van der Waals surface area contributed by atoms with E-state index < -0.39 is 0 Å². The predicted octanol–water partition coefficient (Wildman–Crippen LogP) is 4.40. The summed E-state index contributed by atoms with van der Waals surface area (Å²) in [6, 6.07) is 11.0. The fourth-order valence-electron chi connectivity index (χ4n) is 2.21. The monoisotopic (exact) mass is 344 g/mol. The summed E-state index contributed by atoms with van der Waals surface area (Å²) in [6.45, 7) is 2.39. The van der Waals surface area contributed by atoms with Gasteiger partial charge in [0.05, 0.1) is 24.9 Å². The highest BCUT2D eigenvalue weighted by Gasteiger charge is 2.06. The van der Waals surface area contributed by atoms with Gasteiger partial charge in [-0.2, -0.15) is 0 Å².